The van der Waals surface area contributed by atoms with Crippen molar-refractivity contribution in [2.24, 2.45) is 4.99 Å². The Bertz CT molecular complexity index is 1980. The van der Waals surface area contributed by atoms with E-state index in [1.54, 1.807) is 37.7 Å². The van der Waals surface area contributed by atoms with Crippen LogP contribution in [-0.4, -0.2) is 30.4 Å². The highest BCUT2D eigenvalue weighted by Crippen LogP contribution is 2.37. The summed E-state index contributed by atoms with van der Waals surface area (Å²) in [6.07, 6.45) is 1.77. The quantitative estimate of drug-likeness (QED) is 0.129. The van der Waals surface area contributed by atoms with Crippen molar-refractivity contribution in [2.75, 3.05) is 13.7 Å². The average molecular weight is 818 g/mol. The van der Waals surface area contributed by atoms with Crippen LogP contribution in [-0.2, 0) is 16.1 Å². The zero-order valence-corrected chi connectivity index (χ0v) is 30.9. The molecule has 0 saturated carbocycles. The largest absolute Gasteiger partial charge is 0.493 e. The number of fused-ring (bicyclic) bond motifs is 1. The van der Waals surface area contributed by atoms with Crippen LogP contribution in [0, 0.1) is 10.5 Å². The van der Waals surface area contributed by atoms with Gasteiger partial charge in [0.05, 0.1) is 49.7 Å². The van der Waals surface area contributed by atoms with E-state index >= 15 is 0 Å². The molecule has 0 spiro atoms. The lowest BCUT2D eigenvalue weighted by molar-refractivity contribution is -0.139. The predicted octanol–water partition coefficient (Wildman–Crippen LogP) is 6.85. The van der Waals surface area contributed by atoms with Gasteiger partial charge >= 0.3 is 5.97 Å². The van der Waals surface area contributed by atoms with E-state index in [4.69, 9.17) is 23.9 Å². The Morgan fingerprint density at radius 3 is 2.50 bits per heavy atom. The van der Waals surface area contributed by atoms with Crippen LogP contribution in [0.5, 0.6) is 17.2 Å². The molecule has 46 heavy (non-hydrogen) atoms. The van der Waals surface area contributed by atoms with Gasteiger partial charge in [0.25, 0.3) is 5.56 Å². The summed E-state index contributed by atoms with van der Waals surface area (Å²) < 4.78 is 26.9. The number of aryl methyl sites for hydroxylation is 1. The standard InChI is InChI=1S/C35H34BrIN2O6S/c1-7-43-34(41)30-21(5)38-35-39(31(30)24-12-13-27(45-19(2)3)28(17-24)42-6)33(40)29(46-35)16-23-14-25(36)32(26(37)15-23)44-18-22-10-8-20(4)9-11-22/h8-17,19,31H,7,18H2,1-6H3/b29-16-/t31-/m1/s1. The highest BCUT2D eigenvalue weighted by atomic mass is 127. The minimum absolute atomic E-state index is 0.0634. The molecule has 4 aromatic rings. The number of carbonyl (C=O) groups excluding carboxylic acids is 1. The van der Waals surface area contributed by atoms with E-state index in [1.165, 1.54) is 16.9 Å². The third-order valence-corrected chi connectivity index (χ3v) is 9.58. The van der Waals surface area contributed by atoms with Crippen LogP contribution in [0.1, 0.15) is 56.0 Å². The number of benzene rings is 3. The monoisotopic (exact) mass is 816 g/mol. The minimum atomic E-state index is -0.774. The van der Waals surface area contributed by atoms with Crippen LogP contribution in [0.4, 0.5) is 0 Å². The third kappa shape index (κ3) is 7.26. The van der Waals surface area contributed by atoms with Crippen molar-refractivity contribution in [1.29, 1.82) is 0 Å². The van der Waals surface area contributed by atoms with Crippen LogP contribution < -0.4 is 29.1 Å². The molecule has 1 aliphatic rings. The Kier molecular flexibility index (Phi) is 10.7. The molecule has 0 bridgehead atoms. The van der Waals surface area contributed by atoms with E-state index in [9.17, 15) is 9.59 Å². The van der Waals surface area contributed by atoms with Crippen molar-refractivity contribution in [1.82, 2.24) is 4.57 Å². The molecule has 0 radical (unpaired) electrons. The molecule has 0 amide bonds. The lowest BCUT2D eigenvalue weighted by Crippen LogP contribution is -2.40. The second kappa shape index (κ2) is 14.6. The number of ether oxygens (including phenoxy) is 4. The summed E-state index contributed by atoms with van der Waals surface area (Å²) in [5.74, 6) is 1.27. The molecule has 240 valence electrons. The number of aromatic nitrogens is 1. The van der Waals surface area contributed by atoms with E-state index in [-0.39, 0.29) is 18.3 Å². The number of hydrogen-bond acceptors (Lipinski definition) is 8. The number of hydrogen-bond donors (Lipinski definition) is 0. The van der Waals surface area contributed by atoms with Gasteiger partial charge < -0.3 is 18.9 Å². The van der Waals surface area contributed by atoms with E-state index in [0.29, 0.717) is 44.3 Å². The second-order valence-corrected chi connectivity index (χ2v) is 14.0. The summed E-state index contributed by atoms with van der Waals surface area (Å²) in [6.45, 7) is 10.1. The normalized spacial score (nSPS) is 14.6. The SMILES string of the molecule is CCOC(=O)C1=C(C)N=c2s/c(=C\c3cc(Br)c(OCc4ccc(C)cc4)c(I)c3)c(=O)n2[C@@H]1c1ccc(OC(C)C)c(OC)c1. The number of carbonyl (C=O) groups is 1. The molecular formula is C35H34BrIN2O6S. The van der Waals surface area contributed by atoms with Crippen molar-refractivity contribution in [3.63, 3.8) is 0 Å². The molecule has 3 aromatic carbocycles. The van der Waals surface area contributed by atoms with Gasteiger partial charge in [-0.2, -0.15) is 0 Å². The van der Waals surface area contributed by atoms with Crippen LogP contribution in [0.15, 0.2) is 80.1 Å². The van der Waals surface area contributed by atoms with E-state index in [1.807, 2.05) is 38.1 Å². The second-order valence-electron chi connectivity index (χ2n) is 11.0. The number of allylic oxidation sites excluding steroid dienone is 1. The number of rotatable bonds is 10. The van der Waals surface area contributed by atoms with E-state index in [0.717, 1.165) is 24.9 Å². The maximum Gasteiger partial charge on any atom is 0.338 e. The summed E-state index contributed by atoms with van der Waals surface area (Å²) in [7, 11) is 1.56. The fourth-order valence-corrected chi connectivity index (χ4v) is 7.92. The maximum absolute atomic E-state index is 14.1. The third-order valence-electron chi connectivity index (χ3n) is 7.21. The molecule has 0 fully saturated rings. The van der Waals surface area contributed by atoms with Gasteiger partial charge in [-0.25, -0.2) is 9.79 Å². The summed E-state index contributed by atoms with van der Waals surface area (Å²) in [5.41, 5.74) is 4.28. The molecule has 0 saturated heterocycles. The van der Waals surface area contributed by atoms with Gasteiger partial charge in [0.2, 0.25) is 0 Å². The molecule has 5 rings (SSSR count). The Balaban J connectivity index is 1.57. The highest BCUT2D eigenvalue weighted by molar-refractivity contribution is 14.1. The van der Waals surface area contributed by atoms with Gasteiger partial charge in [-0.05, 0) is 120 Å². The first kappa shape index (κ1) is 33.9. The van der Waals surface area contributed by atoms with Gasteiger partial charge in [-0.1, -0.05) is 47.2 Å². The first-order chi connectivity index (χ1) is 22.0. The van der Waals surface area contributed by atoms with Gasteiger partial charge in [0.15, 0.2) is 16.3 Å². The van der Waals surface area contributed by atoms with Crippen molar-refractivity contribution < 1.29 is 23.7 Å². The van der Waals surface area contributed by atoms with Crippen molar-refractivity contribution >= 4 is 61.9 Å². The molecular weight excluding hydrogens is 783 g/mol. The number of methoxy groups -OCH3 is 1. The average Bonchev–Trinajstić information content (AvgIpc) is 3.30. The first-order valence-corrected chi connectivity index (χ1v) is 17.4. The van der Waals surface area contributed by atoms with Gasteiger partial charge in [-0.15, -0.1) is 0 Å². The minimum Gasteiger partial charge on any atom is -0.493 e. The van der Waals surface area contributed by atoms with Crippen molar-refractivity contribution in [2.45, 2.75) is 53.4 Å². The fraction of sp³-hybridized carbons (Fsp3) is 0.286. The topological polar surface area (TPSA) is 88.4 Å². The molecule has 1 aliphatic heterocycles. The van der Waals surface area contributed by atoms with Gasteiger partial charge in [-0.3, -0.25) is 9.36 Å². The molecule has 8 nitrogen and oxygen atoms in total. The van der Waals surface area contributed by atoms with E-state index in [2.05, 4.69) is 69.7 Å². The number of nitrogens with zero attached hydrogens (tertiary/aromatic N) is 2. The summed E-state index contributed by atoms with van der Waals surface area (Å²) in [5, 5.41) is 0. The number of thiazole rings is 1. The van der Waals surface area contributed by atoms with E-state index < -0.39 is 12.0 Å². The van der Waals surface area contributed by atoms with Gasteiger partial charge in [0, 0.05) is 0 Å². The van der Waals surface area contributed by atoms with Crippen molar-refractivity contribution in [3.05, 3.63) is 116 Å². The highest BCUT2D eigenvalue weighted by Gasteiger charge is 2.34. The molecule has 0 unspecified atom stereocenters. The number of esters is 1. The first-order valence-electron chi connectivity index (χ1n) is 14.7. The molecule has 11 heteroatoms. The lowest BCUT2D eigenvalue weighted by atomic mass is 9.95. The summed E-state index contributed by atoms with van der Waals surface area (Å²) in [4.78, 5) is 32.6. The van der Waals surface area contributed by atoms with Crippen molar-refractivity contribution in [3.8, 4) is 17.2 Å². The van der Waals surface area contributed by atoms with Crippen LogP contribution in [0.2, 0.25) is 0 Å². The predicted molar refractivity (Wildman–Crippen MR) is 192 cm³/mol. The smallest absolute Gasteiger partial charge is 0.338 e. The summed E-state index contributed by atoms with van der Waals surface area (Å²) >= 11 is 7.17. The Morgan fingerprint density at radius 1 is 1.11 bits per heavy atom. The molecule has 1 aromatic heterocycles. The Hall–Kier alpha value is -3.42. The molecule has 0 aliphatic carbocycles. The number of halogens is 2. The van der Waals surface area contributed by atoms with Crippen LogP contribution >= 0.6 is 49.9 Å². The Labute approximate surface area is 293 Å². The fourth-order valence-electron chi connectivity index (χ4n) is 5.10. The zero-order valence-electron chi connectivity index (χ0n) is 26.4. The lowest BCUT2D eigenvalue weighted by Gasteiger charge is -2.25. The molecule has 2 heterocycles. The van der Waals surface area contributed by atoms with Gasteiger partial charge in [0.1, 0.15) is 12.4 Å². The molecule has 0 N–H and O–H groups in total. The zero-order chi connectivity index (χ0) is 33.1. The maximum atomic E-state index is 14.1. The van der Waals surface area contributed by atoms with Crippen LogP contribution in [0.25, 0.3) is 6.08 Å². The Morgan fingerprint density at radius 2 is 1.85 bits per heavy atom. The van der Waals surface area contributed by atoms with Crippen LogP contribution in [0.3, 0.4) is 0 Å². The summed E-state index contributed by atoms with van der Waals surface area (Å²) in [6, 6.07) is 16.8. The molecule has 1 atom stereocenters.